The summed E-state index contributed by atoms with van der Waals surface area (Å²) in [4.78, 5) is 14.9. The number of carbonyl (C=O) groups excluding carboxylic acids is 1. The Bertz CT molecular complexity index is 972. The Morgan fingerprint density at radius 3 is 2.44 bits per heavy atom. The number of methoxy groups -OCH3 is 1. The van der Waals surface area contributed by atoms with Crippen LogP contribution in [0.25, 0.3) is 0 Å². The zero-order valence-corrected chi connectivity index (χ0v) is 15.6. The van der Waals surface area contributed by atoms with Crippen molar-refractivity contribution >= 4 is 23.2 Å². The lowest BCUT2D eigenvalue weighted by atomic mass is 10.1. The van der Waals surface area contributed by atoms with Crippen LogP contribution in [0.5, 0.6) is 5.75 Å². The molecular weight excluding hydrogens is 360 g/mol. The van der Waals surface area contributed by atoms with Crippen LogP contribution < -0.4 is 10.1 Å². The Kier molecular flexibility index (Phi) is 4.73. The zero-order chi connectivity index (χ0) is 18.8. The van der Waals surface area contributed by atoms with E-state index in [-0.39, 0.29) is 12.1 Å². The lowest BCUT2D eigenvalue weighted by Gasteiger charge is -2.27. The molecule has 0 unspecified atom stereocenters. The minimum Gasteiger partial charge on any atom is -0.497 e. The molecule has 27 heavy (non-hydrogen) atoms. The summed E-state index contributed by atoms with van der Waals surface area (Å²) in [5.74, 6) is 0.785. The summed E-state index contributed by atoms with van der Waals surface area (Å²) < 4.78 is 5.22. The molecule has 1 heterocycles. The first kappa shape index (κ1) is 17.4. The van der Waals surface area contributed by atoms with E-state index < -0.39 is 0 Å². The molecule has 1 aliphatic rings. The van der Waals surface area contributed by atoms with Gasteiger partial charge in [0.05, 0.1) is 7.11 Å². The molecule has 0 saturated carbocycles. The topological polar surface area (TPSA) is 41.6 Å². The maximum Gasteiger partial charge on any atom is 0.256 e. The van der Waals surface area contributed by atoms with E-state index in [0.29, 0.717) is 11.6 Å². The highest BCUT2D eigenvalue weighted by Gasteiger charge is 2.36. The van der Waals surface area contributed by atoms with Gasteiger partial charge in [0, 0.05) is 28.4 Å². The van der Waals surface area contributed by atoms with Crippen molar-refractivity contribution in [3.63, 3.8) is 0 Å². The van der Waals surface area contributed by atoms with Crippen molar-refractivity contribution < 1.29 is 9.53 Å². The Morgan fingerprint density at radius 2 is 1.70 bits per heavy atom. The number of nitrogens with zero attached hydrogens (tertiary/aromatic N) is 1. The third kappa shape index (κ3) is 3.36. The molecule has 1 amide bonds. The summed E-state index contributed by atoms with van der Waals surface area (Å²) in [5.41, 5.74) is 3.51. The fraction of sp³-hybridized carbons (Fsp3) is 0.136. The van der Waals surface area contributed by atoms with Crippen molar-refractivity contribution in [2.45, 2.75) is 12.7 Å². The first-order valence-corrected chi connectivity index (χ1v) is 9.09. The Hall–Kier alpha value is -2.98. The molecule has 0 saturated heterocycles. The van der Waals surface area contributed by atoms with E-state index in [1.807, 2.05) is 77.7 Å². The largest absolute Gasteiger partial charge is 0.497 e. The van der Waals surface area contributed by atoms with E-state index in [4.69, 9.17) is 16.3 Å². The van der Waals surface area contributed by atoms with Crippen LogP contribution in [0.1, 0.15) is 27.7 Å². The minimum atomic E-state index is -0.265. The average Bonchev–Trinajstić information content (AvgIpc) is 2.96. The molecule has 0 spiro atoms. The number of anilines is 1. The van der Waals surface area contributed by atoms with Gasteiger partial charge in [0.2, 0.25) is 0 Å². The quantitative estimate of drug-likeness (QED) is 0.670. The molecule has 0 aliphatic carbocycles. The van der Waals surface area contributed by atoms with Crippen LogP contribution in [0.3, 0.4) is 0 Å². The van der Waals surface area contributed by atoms with Gasteiger partial charge in [-0.15, -0.1) is 0 Å². The Balaban J connectivity index is 1.67. The average molecular weight is 379 g/mol. The van der Waals surface area contributed by atoms with Gasteiger partial charge in [-0.1, -0.05) is 48.0 Å². The van der Waals surface area contributed by atoms with E-state index in [0.717, 1.165) is 28.1 Å². The predicted octanol–water partition coefficient (Wildman–Crippen LogP) is 5.12. The van der Waals surface area contributed by atoms with E-state index in [1.165, 1.54) is 0 Å². The van der Waals surface area contributed by atoms with Gasteiger partial charge < -0.3 is 15.0 Å². The third-order valence-electron chi connectivity index (χ3n) is 4.75. The normalized spacial score (nSPS) is 15.6. The second kappa shape index (κ2) is 7.33. The number of amides is 1. The van der Waals surface area contributed by atoms with Gasteiger partial charge >= 0.3 is 0 Å². The molecule has 3 aromatic carbocycles. The molecule has 1 atom stereocenters. The smallest absolute Gasteiger partial charge is 0.256 e. The van der Waals surface area contributed by atoms with Crippen LogP contribution in [0, 0.1) is 0 Å². The SMILES string of the molecule is COc1ccc(N[C@@H]2c3ccccc3C(=O)N2Cc2ccccc2Cl)cc1. The lowest BCUT2D eigenvalue weighted by Crippen LogP contribution is -2.32. The molecule has 4 nitrogen and oxygen atoms in total. The summed E-state index contributed by atoms with van der Waals surface area (Å²) in [6, 6.07) is 23.0. The minimum absolute atomic E-state index is 0.00321. The van der Waals surface area contributed by atoms with E-state index in [9.17, 15) is 4.79 Å². The highest BCUT2D eigenvalue weighted by atomic mass is 35.5. The van der Waals surface area contributed by atoms with Gasteiger partial charge in [-0.05, 0) is 42.0 Å². The van der Waals surface area contributed by atoms with Crippen molar-refractivity contribution in [3.8, 4) is 5.75 Å². The maximum atomic E-state index is 13.0. The maximum absolute atomic E-state index is 13.0. The molecule has 0 aromatic heterocycles. The van der Waals surface area contributed by atoms with Gasteiger partial charge in [-0.25, -0.2) is 0 Å². The molecule has 136 valence electrons. The van der Waals surface area contributed by atoms with Gasteiger partial charge in [0.25, 0.3) is 5.91 Å². The van der Waals surface area contributed by atoms with Gasteiger partial charge in [0.15, 0.2) is 0 Å². The van der Waals surface area contributed by atoms with Crippen molar-refractivity contribution in [2.24, 2.45) is 0 Å². The van der Waals surface area contributed by atoms with Gasteiger partial charge in [-0.3, -0.25) is 4.79 Å². The first-order chi connectivity index (χ1) is 13.2. The fourth-order valence-corrected chi connectivity index (χ4v) is 3.54. The molecule has 1 aliphatic heterocycles. The highest BCUT2D eigenvalue weighted by molar-refractivity contribution is 6.31. The lowest BCUT2D eigenvalue weighted by molar-refractivity contribution is 0.0729. The Labute approximate surface area is 163 Å². The summed E-state index contributed by atoms with van der Waals surface area (Å²) in [7, 11) is 1.64. The van der Waals surface area contributed by atoms with Crippen molar-refractivity contribution in [1.82, 2.24) is 4.90 Å². The van der Waals surface area contributed by atoms with Crippen molar-refractivity contribution in [1.29, 1.82) is 0 Å². The zero-order valence-electron chi connectivity index (χ0n) is 14.9. The molecule has 0 radical (unpaired) electrons. The molecule has 0 fully saturated rings. The van der Waals surface area contributed by atoms with E-state index in [1.54, 1.807) is 7.11 Å². The van der Waals surface area contributed by atoms with E-state index >= 15 is 0 Å². The number of hydrogen-bond acceptors (Lipinski definition) is 3. The second-order valence-corrected chi connectivity index (χ2v) is 6.79. The van der Waals surface area contributed by atoms with Crippen molar-refractivity contribution in [3.05, 3.63) is 94.5 Å². The molecule has 0 bridgehead atoms. The molecule has 3 aromatic rings. The number of hydrogen-bond donors (Lipinski definition) is 1. The van der Waals surface area contributed by atoms with E-state index in [2.05, 4.69) is 5.32 Å². The summed E-state index contributed by atoms with van der Waals surface area (Å²) >= 11 is 6.33. The van der Waals surface area contributed by atoms with Crippen LogP contribution in [-0.2, 0) is 6.54 Å². The standard InChI is InChI=1S/C22H19ClN2O2/c1-27-17-12-10-16(11-13-17)24-21-18-7-3-4-8-19(18)22(26)25(21)14-15-6-2-5-9-20(15)23/h2-13,21,24H,14H2,1H3/t21-/m0/s1. The van der Waals surface area contributed by atoms with Crippen LogP contribution >= 0.6 is 11.6 Å². The molecule has 1 N–H and O–H groups in total. The number of nitrogens with one attached hydrogen (secondary N) is 1. The van der Waals surface area contributed by atoms with Gasteiger partial charge in [0.1, 0.15) is 11.9 Å². The molecule has 5 heteroatoms. The highest BCUT2D eigenvalue weighted by Crippen LogP contribution is 2.36. The van der Waals surface area contributed by atoms with Crippen LogP contribution in [0.2, 0.25) is 5.02 Å². The number of rotatable bonds is 5. The second-order valence-electron chi connectivity index (χ2n) is 6.39. The number of halogens is 1. The number of benzene rings is 3. The fourth-order valence-electron chi connectivity index (χ4n) is 3.34. The summed E-state index contributed by atoms with van der Waals surface area (Å²) in [6.45, 7) is 0.432. The summed E-state index contributed by atoms with van der Waals surface area (Å²) in [5, 5.41) is 4.13. The van der Waals surface area contributed by atoms with Crippen LogP contribution in [0.15, 0.2) is 72.8 Å². The first-order valence-electron chi connectivity index (χ1n) is 8.71. The molecular formula is C22H19ClN2O2. The molecule has 4 rings (SSSR count). The van der Waals surface area contributed by atoms with Gasteiger partial charge in [-0.2, -0.15) is 0 Å². The number of ether oxygens (including phenoxy) is 1. The van der Waals surface area contributed by atoms with Crippen LogP contribution in [0.4, 0.5) is 5.69 Å². The number of fused-ring (bicyclic) bond motifs is 1. The predicted molar refractivity (Wildman–Crippen MR) is 107 cm³/mol. The van der Waals surface area contributed by atoms with Crippen molar-refractivity contribution in [2.75, 3.05) is 12.4 Å². The summed E-state index contributed by atoms with van der Waals surface area (Å²) in [6.07, 6.45) is -0.265. The third-order valence-corrected chi connectivity index (χ3v) is 5.12. The number of carbonyl (C=O) groups is 1. The monoisotopic (exact) mass is 378 g/mol. The Morgan fingerprint density at radius 1 is 1.00 bits per heavy atom. The van der Waals surface area contributed by atoms with Crippen LogP contribution in [-0.4, -0.2) is 17.9 Å².